The van der Waals surface area contributed by atoms with Crippen molar-refractivity contribution in [1.82, 2.24) is 0 Å². The van der Waals surface area contributed by atoms with Crippen LogP contribution in [-0.2, 0) is 6.42 Å². The van der Waals surface area contributed by atoms with Gasteiger partial charge in [-0.2, -0.15) is 0 Å². The van der Waals surface area contributed by atoms with Crippen molar-refractivity contribution in [2.45, 2.75) is 25.6 Å². The van der Waals surface area contributed by atoms with Gasteiger partial charge in [0.2, 0.25) is 0 Å². The van der Waals surface area contributed by atoms with E-state index in [9.17, 15) is 5.11 Å². The monoisotopic (exact) mass is 358 g/mol. The van der Waals surface area contributed by atoms with E-state index in [0.29, 0.717) is 28.6 Å². The fourth-order valence-electron chi connectivity index (χ4n) is 2.68. The van der Waals surface area contributed by atoms with Crippen LogP contribution in [-0.4, -0.2) is 32.5 Å². The molecule has 5 nitrogen and oxygen atoms in total. The third kappa shape index (κ3) is 4.49. The molecule has 0 unspecified atom stereocenters. The van der Waals surface area contributed by atoms with E-state index in [4.69, 9.17) is 18.9 Å². The first-order valence-electron chi connectivity index (χ1n) is 8.38. The Bertz CT molecular complexity index is 741. The molecule has 5 heteroatoms. The molecule has 0 aliphatic rings. The first-order chi connectivity index (χ1) is 12.5. The number of rotatable bonds is 9. The van der Waals surface area contributed by atoms with Crippen LogP contribution in [0.15, 0.2) is 49.1 Å². The van der Waals surface area contributed by atoms with E-state index in [1.165, 1.54) is 0 Å². The van der Waals surface area contributed by atoms with Crippen LogP contribution in [0.1, 0.15) is 24.2 Å². The van der Waals surface area contributed by atoms with Crippen molar-refractivity contribution in [3.63, 3.8) is 0 Å². The van der Waals surface area contributed by atoms with Crippen LogP contribution in [0.25, 0.3) is 0 Å². The molecular formula is C21H26O5. The maximum Gasteiger partial charge on any atom is 0.161 e. The second-order valence-electron chi connectivity index (χ2n) is 5.86. The lowest BCUT2D eigenvalue weighted by atomic mass is 10.0. The van der Waals surface area contributed by atoms with Crippen LogP contribution in [0.2, 0.25) is 0 Å². The predicted molar refractivity (Wildman–Crippen MR) is 101 cm³/mol. The summed E-state index contributed by atoms with van der Waals surface area (Å²) in [5.41, 5.74) is 1.76. The molecule has 26 heavy (non-hydrogen) atoms. The molecule has 0 radical (unpaired) electrons. The first-order valence-corrected chi connectivity index (χ1v) is 8.38. The minimum Gasteiger partial charge on any atom is -0.493 e. The average molecular weight is 358 g/mol. The molecule has 0 spiro atoms. The fraction of sp³-hybridized carbons (Fsp3) is 0.333. The Kier molecular flexibility index (Phi) is 6.92. The normalized spacial score (nSPS) is 12.8. The number of hydrogen-bond acceptors (Lipinski definition) is 5. The largest absolute Gasteiger partial charge is 0.493 e. The van der Waals surface area contributed by atoms with Gasteiger partial charge >= 0.3 is 0 Å². The van der Waals surface area contributed by atoms with Gasteiger partial charge in [0.15, 0.2) is 23.0 Å². The zero-order valence-corrected chi connectivity index (χ0v) is 15.7. The summed E-state index contributed by atoms with van der Waals surface area (Å²) in [6.07, 6.45) is 1.25. The van der Waals surface area contributed by atoms with Crippen molar-refractivity contribution in [2.75, 3.05) is 21.3 Å². The van der Waals surface area contributed by atoms with Gasteiger partial charge in [-0.15, -0.1) is 6.58 Å². The van der Waals surface area contributed by atoms with Crippen molar-refractivity contribution in [3.05, 3.63) is 60.2 Å². The average Bonchev–Trinajstić information content (AvgIpc) is 2.67. The number of aliphatic hydroxyl groups is 1. The van der Waals surface area contributed by atoms with E-state index >= 15 is 0 Å². The summed E-state index contributed by atoms with van der Waals surface area (Å²) in [7, 11) is 4.72. The number of benzene rings is 2. The fourth-order valence-corrected chi connectivity index (χ4v) is 2.68. The Balaban J connectivity index is 2.18. The minimum absolute atomic E-state index is 0.493. The zero-order chi connectivity index (χ0) is 19.1. The Morgan fingerprint density at radius 2 is 1.54 bits per heavy atom. The molecule has 2 rings (SSSR count). The highest BCUT2D eigenvalue weighted by atomic mass is 16.5. The second kappa shape index (κ2) is 9.15. The topological polar surface area (TPSA) is 57.2 Å². The Morgan fingerprint density at radius 3 is 2.15 bits per heavy atom. The number of allylic oxidation sites excluding steroid dienone is 1. The SMILES string of the molecule is C=CCc1ccc(O[C@H](C)[C@H](O)c2ccc(OC)c(OC)c2)c(OC)c1. The Morgan fingerprint density at radius 1 is 0.923 bits per heavy atom. The van der Waals surface area contributed by atoms with E-state index < -0.39 is 12.2 Å². The minimum atomic E-state index is -0.840. The van der Waals surface area contributed by atoms with Crippen molar-refractivity contribution in [3.8, 4) is 23.0 Å². The zero-order valence-electron chi connectivity index (χ0n) is 15.7. The molecule has 2 atom stereocenters. The lowest BCUT2D eigenvalue weighted by Gasteiger charge is -2.23. The van der Waals surface area contributed by atoms with Gasteiger partial charge in [-0.3, -0.25) is 0 Å². The van der Waals surface area contributed by atoms with E-state index in [0.717, 1.165) is 12.0 Å². The van der Waals surface area contributed by atoms with E-state index in [-0.39, 0.29) is 0 Å². The Hall–Kier alpha value is -2.66. The lowest BCUT2D eigenvalue weighted by molar-refractivity contribution is 0.0449. The molecule has 0 saturated heterocycles. The predicted octanol–water partition coefficient (Wildman–Crippen LogP) is 3.94. The van der Waals surface area contributed by atoms with Crippen molar-refractivity contribution in [1.29, 1.82) is 0 Å². The molecule has 0 aliphatic heterocycles. The molecule has 0 amide bonds. The molecule has 0 bridgehead atoms. The third-order valence-electron chi connectivity index (χ3n) is 4.11. The molecule has 2 aromatic carbocycles. The number of methoxy groups -OCH3 is 3. The summed E-state index contributed by atoms with van der Waals surface area (Å²) in [5, 5.41) is 10.7. The van der Waals surface area contributed by atoms with Gasteiger partial charge in [0.25, 0.3) is 0 Å². The lowest BCUT2D eigenvalue weighted by Crippen LogP contribution is -2.22. The molecule has 0 aliphatic carbocycles. The summed E-state index contributed by atoms with van der Waals surface area (Å²) in [4.78, 5) is 0. The van der Waals surface area contributed by atoms with Crippen LogP contribution in [0.3, 0.4) is 0 Å². The van der Waals surface area contributed by atoms with Gasteiger partial charge in [0.1, 0.15) is 12.2 Å². The maximum absolute atomic E-state index is 10.7. The second-order valence-corrected chi connectivity index (χ2v) is 5.86. The van der Waals surface area contributed by atoms with Crippen molar-refractivity contribution >= 4 is 0 Å². The molecule has 0 fully saturated rings. The van der Waals surface area contributed by atoms with Crippen molar-refractivity contribution in [2.24, 2.45) is 0 Å². The molecule has 0 heterocycles. The summed E-state index contributed by atoms with van der Waals surface area (Å²) < 4.78 is 21.9. The number of aliphatic hydroxyl groups excluding tert-OH is 1. The summed E-state index contributed by atoms with van der Waals surface area (Å²) >= 11 is 0. The highest BCUT2D eigenvalue weighted by molar-refractivity contribution is 5.45. The van der Waals surface area contributed by atoms with E-state index in [2.05, 4.69) is 6.58 Å². The van der Waals surface area contributed by atoms with E-state index in [1.807, 2.05) is 24.3 Å². The summed E-state index contributed by atoms with van der Waals surface area (Å²) in [6.45, 7) is 5.55. The molecule has 2 aromatic rings. The van der Waals surface area contributed by atoms with Gasteiger partial charge in [0, 0.05) is 0 Å². The van der Waals surface area contributed by atoms with Crippen LogP contribution >= 0.6 is 0 Å². The van der Waals surface area contributed by atoms with E-state index in [1.54, 1.807) is 46.5 Å². The highest BCUT2D eigenvalue weighted by Gasteiger charge is 2.21. The van der Waals surface area contributed by atoms with Gasteiger partial charge in [-0.05, 0) is 48.7 Å². The van der Waals surface area contributed by atoms with Crippen LogP contribution in [0.4, 0.5) is 0 Å². The van der Waals surface area contributed by atoms with Gasteiger partial charge in [0.05, 0.1) is 21.3 Å². The van der Waals surface area contributed by atoms with Crippen LogP contribution < -0.4 is 18.9 Å². The molecular weight excluding hydrogens is 332 g/mol. The maximum atomic E-state index is 10.7. The quantitative estimate of drug-likeness (QED) is 0.688. The van der Waals surface area contributed by atoms with Crippen LogP contribution in [0, 0.1) is 0 Å². The number of hydrogen-bond donors (Lipinski definition) is 1. The first kappa shape index (κ1) is 19.7. The van der Waals surface area contributed by atoms with Gasteiger partial charge < -0.3 is 24.1 Å². The Labute approximate surface area is 154 Å². The van der Waals surface area contributed by atoms with Gasteiger partial charge in [-0.25, -0.2) is 0 Å². The summed E-state index contributed by atoms with van der Waals surface area (Å²) in [5.74, 6) is 2.36. The number of ether oxygens (including phenoxy) is 4. The van der Waals surface area contributed by atoms with Crippen LogP contribution in [0.5, 0.6) is 23.0 Å². The third-order valence-corrected chi connectivity index (χ3v) is 4.11. The molecule has 1 N–H and O–H groups in total. The van der Waals surface area contributed by atoms with Crippen molar-refractivity contribution < 1.29 is 24.1 Å². The summed E-state index contributed by atoms with van der Waals surface area (Å²) in [6, 6.07) is 11.0. The molecule has 0 aromatic heterocycles. The standard InChI is InChI=1S/C21H26O5/c1-6-7-15-8-10-18(19(12-15)24-4)26-14(2)21(22)16-9-11-17(23-3)20(13-16)25-5/h6,8-14,21-22H,1,7H2,2-5H3/t14-,21+/m1/s1. The smallest absolute Gasteiger partial charge is 0.161 e. The highest BCUT2D eigenvalue weighted by Crippen LogP contribution is 2.34. The van der Waals surface area contributed by atoms with Gasteiger partial charge in [-0.1, -0.05) is 18.2 Å². The molecule has 140 valence electrons. The molecule has 0 saturated carbocycles.